The predicted molar refractivity (Wildman–Crippen MR) is 106 cm³/mol. The average molecular weight is 381 g/mol. The Morgan fingerprint density at radius 1 is 1.12 bits per heavy atom. The number of benzene rings is 2. The van der Waals surface area contributed by atoms with Crippen molar-refractivity contribution < 1.29 is 4.79 Å². The highest BCUT2D eigenvalue weighted by atomic mass is 35.5. The molecule has 2 N–H and O–H groups in total. The van der Waals surface area contributed by atoms with E-state index in [0.29, 0.717) is 15.6 Å². The Labute approximate surface area is 159 Å². The second-order valence-corrected chi connectivity index (χ2v) is 7.07. The van der Waals surface area contributed by atoms with Crippen molar-refractivity contribution in [3.8, 4) is 11.3 Å². The Morgan fingerprint density at radius 3 is 2.58 bits per heavy atom. The van der Waals surface area contributed by atoms with Crippen LogP contribution in [0.2, 0.25) is 5.02 Å². The molecule has 4 rings (SSSR count). The lowest BCUT2D eigenvalue weighted by Gasteiger charge is -2.14. The van der Waals surface area contributed by atoms with Gasteiger partial charge in [-0.3, -0.25) is 20.2 Å². The van der Waals surface area contributed by atoms with E-state index < -0.39 is 0 Å². The predicted octanol–water partition coefficient (Wildman–Crippen LogP) is 4.79. The number of amidine groups is 1. The summed E-state index contributed by atoms with van der Waals surface area (Å²) in [6.07, 6.45) is 3.45. The molecule has 1 saturated heterocycles. The fourth-order valence-corrected chi connectivity index (χ4v) is 3.67. The number of H-pyrrole nitrogens is 1. The zero-order valence-corrected chi connectivity index (χ0v) is 15.0. The van der Waals surface area contributed by atoms with E-state index in [1.165, 1.54) is 4.90 Å². The number of amides is 1. The molecule has 2 aromatic carbocycles. The van der Waals surface area contributed by atoms with E-state index in [1.54, 1.807) is 36.5 Å². The molecule has 3 aromatic rings. The molecule has 2 heterocycles. The van der Waals surface area contributed by atoms with Crippen molar-refractivity contribution >= 4 is 46.2 Å². The van der Waals surface area contributed by atoms with Crippen LogP contribution in [0.25, 0.3) is 17.3 Å². The first-order chi connectivity index (χ1) is 12.6. The highest BCUT2D eigenvalue weighted by Crippen LogP contribution is 2.36. The summed E-state index contributed by atoms with van der Waals surface area (Å²) in [6.45, 7) is 0. The quantitative estimate of drug-likeness (QED) is 0.642. The number of aromatic nitrogens is 2. The van der Waals surface area contributed by atoms with Gasteiger partial charge in [-0.2, -0.15) is 5.10 Å². The van der Waals surface area contributed by atoms with Crippen LogP contribution in [0.1, 0.15) is 5.56 Å². The van der Waals surface area contributed by atoms with Gasteiger partial charge in [0.05, 0.1) is 22.5 Å². The lowest BCUT2D eigenvalue weighted by molar-refractivity contribution is -0.113. The summed E-state index contributed by atoms with van der Waals surface area (Å²) in [7, 11) is 0. The van der Waals surface area contributed by atoms with E-state index in [1.807, 2.05) is 30.3 Å². The third-order valence-corrected chi connectivity index (χ3v) is 5.07. The van der Waals surface area contributed by atoms with E-state index in [9.17, 15) is 4.79 Å². The Balaban J connectivity index is 1.68. The molecule has 0 spiro atoms. The first-order valence-corrected chi connectivity index (χ1v) is 9.00. The molecule has 0 bridgehead atoms. The minimum absolute atomic E-state index is 0.160. The van der Waals surface area contributed by atoms with Gasteiger partial charge in [0.2, 0.25) is 0 Å². The fraction of sp³-hybridized carbons (Fsp3) is 0. The monoisotopic (exact) mass is 380 g/mol. The maximum atomic E-state index is 12.8. The molecule has 7 heteroatoms. The molecule has 1 fully saturated rings. The zero-order valence-electron chi connectivity index (χ0n) is 13.4. The van der Waals surface area contributed by atoms with Crippen LogP contribution < -0.4 is 4.90 Å². The number of nitrogens with zero attached hydrogens (tertiary/aromatic N) is 2. The zero-order chi connectivity index (χ0) is 18.1. The van der Waals surface area contributed by atoms with E-state index in [2.05, 4.69) is 10.2 Å². The van der Waals surface area contributed by atoms with Gasteiger partial charge >= 0.3 is 0 Å². The fourth-order valence-electron chi connectivity index (χ4n) is 2.69. The van der Waals surface area contributed by atoms with Gasteiger partial charge in [-0.25, -0.2) is 0 Å². The Morgan fingerprint density at radius 2 is 1.85 bits per heavy atom. The third kappa shape index (κ3) is 3.05. The summed E-state index contributed by atoms with van der Waals surface area (Å²) < 4.78 is 0. The highest BCUT2D eigenvalue weighted by Gasteiger charge is 2.33. The minimum Gasteiger partial charge on any atom is -0.278 e. The van der Waals surface area contributed by atoms with Crippen LogP contribution in [0, 0.1) is 5.41 Å². The molecule has 128 valence electrons. The van der Waals surface area contributed by atoms with Crippen LogP contribution in [0.4, 0.5) is 5.69 Å². The van der Waals surface area contributed by atoms with Gasteiger partial charge in [-0.05, 0) is 42.1 Å². The number of nitrogens with one attached hydrogen (secondary N) is 2. The van der Waals surface area contributed by atoms with Crippen molar-refractivity contribution in [2.75, 3.05) is 4.90 Å². The maximum Gasteiger partial charge on any atom is 0.271 e. The smallest absolute Gasteiger partial charge is 0.271 e. The molecule has 5 nitrogen and oxygen atoms in total. The average Bonchev–Trinajstić information content (AvgIpc) is 3.22. The lowest BCUT2D eigenvalue weighted by Crippen LogP contribution is -2.27. The molecule has 0 aliphatic carbocycles. The molecule has 26 heavy (non-hydrogen) atoms. The van der Waals surface area contributed by atoms with Crippen LogP contribution in [0.5, 0.6) is 0 Å². The van der Waals surface area contributed by atoms with E-state index in [-0.39, 0.29) is 11.1 Å². The first-order valence-electron chi connectivity index (χ1n) is 7.80. The second kappa shape index (κ2) is 6.82. The summed E-state index contributed by atoms with van der Waals surface area (Å²) in [4.78, 5) is 14.7. The maximum absolute atomic E-state index is 12.8. The van der Waals surface area contributed by atoms with E-state index in [0.717, 1.165) is 28.6 Å². The molecular weight excluding hydrogens is 368 g/mol. The van der Waals surface area contributed by atoms with Crippen LogP contribution in [0.15, 0.2) is 65.7 Å². The number of anilines is 1. The van der Waals surface area contributed by atoms with Gasteiger partial charge in [0.15, 0.2) is 5.17 Å². The summed E-state index contributed by atoms with van der Waals surface area (Å²) in [5, 5.41) is 16.0. The number of halogens is 1. The summed E-state index contributed by atoms with van der Waals surface area (Å²) >= 11 is 7.04. The van der Waals surface area contributed by atoms with Gasteiger partial charge in [0.1, 0.15) is 0 Å². The van der Waals surface area contributed by atoms with Crippen molar-refractivity contribution in [2.24, 2.45) is 0 Å². The molecule has 1 amide bonds. The van der Waals surface area contributed by atoms with Crippen molar-refractivity contribution in [3.05, 3.63) is 76.3 Å². The normalized spacial score (nSPS) is 15.9. The number of aromatic amines is 1. The molecule has 1 aliphatic heterocycles. The summed E-state index contributed by atoms with van der Waals surface area (Å²) in [5.74, 6) is -0.234. The van der Waals surface area contributed by atoms with Crippen molar-refractivity contribution in [1.29, 1.82) is 5.41 Å². The van der Waals surface area contributed by atoms with Gasteiger partial charge in [-0.15, -0.1) is 0 Å². The van der Waals surface area contributed by atoms with Crippen molar-refractivity contribution in [1.82, 2.24) is 10.2 Å². The van der Waals surface area contributed by atoms with Crippen LogP contribution in [0.3, 0.4) is 0 Å². The number of thioether (sulfide) groups is 1. The number of carbonyl (C=O) groups excluding carboxylic acids is 1. The Hall–Kier alpha value is -2.83. The van der Waals surface area contributed by atoms with E-state index >= 15 is 0 Å². The van der Waals surface area contributed by atoms with Gasteiger partial charge in [0, 0.05) is 16.1 Å². The number of rotatable bonds is 3. The second-order valence-electron chi connectivity index (χ2n) is 5.60. The molecular formula is C19H13ClN4OS. The Kier molecular flexibility index (Phi) is 4.36. The van der Waals surface area contributed by atoms with Gasteiger partial charge in [-0.1, -0.05) is 41.9 Å². The van der Waals surface area contributed by atoms with Gasteiger partial charge < -0.3 is 0 Å². The number of carbonyl (C=O) groups is 1. The van der Waals surface area contributed by atoms with E-state index in [4.69, 9.17) is 17.0 Å². The summed E-state index contributed by atoms with van der Waals surface area (Å²) in [5.41, 5.74) is 3.24. The standard InChI is InChI=1S/C19H13ClN4OS/c20-14-6-8-15(9-7-14)24-18(25)16(26-19(24)21)10-13-11-22-23-17(13)12-4-2-1-3-5-12/h1-11,21H,(H,22,23)/b16-10-,21-19?. The SMILES string of the molecule is N=C1S/C(=C\c2cn[nH]c2-c2ccccc2)C(=O)N1c1ccc(Cl)cc1. The van der Waals surface area contributed by atoms with Crippen LogP contribution in [-0.2, 0) is 4.79 Å². The van der Waals surface area contributed by atoms with Gasteiger partial charge in [0.25, 0.3) is 5.91 Å². The summed E-state index contributed by atoms with van der Waals surface area (Å²) in [6, 6.07) is 16.6. The topological polar surface area (TPSA) is 72.8 Å². The molecule has 0 unspecified atom stereocenters. The molecule has 1 aromatic heterocycles. The highest BCUT2D eigenvalue weighted by molar-refractivity contribution is 8.19. The Bertz CT molecular complexity index is 1010. The molecule has 0 saturated carbocycles. The van der Waals surface area contributed by atoms with Crippen molar-refractivity contribution in [3.63, 3.8) is 0 Å². The third-order valence-electron chi connectivity index (χ3n) is 3.93. The molecule has 0 radical (unpaired) electrons. The minimum atomic E-state index is -0.234. The lowest BCUT2D eigenvalue weighted by atomic mass is 10.1. The molecule has 1 aliphatic rings. The number of hydrogen-bond acceptors (Lipinski definition) is 4. The van der Waals surface area contributed by atoms with Crippen LogP contribution >= 0.6 is 23.4 Å². The number of hydrogen-bond donors (Lipinski definition) is 2. The first kappa shape index (κ1) is 16.6. The molecule has 0 atom stereocenters. The van der Waals surface area contributed by atoms with Crippen molar-refractivity contribution in [2.45, 2.75) is 0 Å². The van der Waals surface area contributed by atoms with Crippen LogP contribution in [-0.4, -0.2) is 21.3 Å². The largest absolute Gasteiger partial charge is 0.278 e.